The van der Waals surface area contributed by atoms with Gasteiger partial charge < -0.3 is 10.5 Å². The molecule has 2 N–H and O–H groups in total. The number of rotatable bonds is 2. The smallest absolute Gasteiger partial charge is 0.243 e. The monoisotopic (exact) mass is 253 g/mol. The molecule has 1 aromatic carbocycles. The second-order valence-electron chi connectivity index (χ2n) is 3.39. The van der Waals surface area contributed by atoms with Crippen molar-refractivity contribution in [2.24, 2.45) is 0 Å². The van der Waals surface area contributed by atoms with Gasteiger partial charge in [-0.1, -0.05) is 11.6 Å². The number of nitrogens with two attached hydrogens (primary N) is 1. The van der Waals surface area contributed by atoms with Gasteiger partial charge in [-0.25, -0.2) is 9.37 Å². The maximum atomic E-state index is 12.9. The van der Waals surface area contributed by atoms with Crippen molar-refractivity contribution in [1.29, 1.82) is 0 Å². The topological polar surface area (TPSA) is 61.0 Å². The Morgan fingerprint density at radius 1 is 1.35 bits per heavy atom. The Balaban J connectivity index is 2.35. The number of ether oxygens (including phenoxy) is 1. The summed E-state index contributed by atoms with van der Waals surface area (Å²) in [5.74, 6) is 0.417. The summed E-state index contributed by atoms with van der Waals surface area (Å²) in [6, 6.07) is 4.15. The lowest BCUT2D eigenvalue weighted by Gasteiger charge is -2.09. The number of anilines is 1. The van der Waals surface area contributed by atoms with Crippen molar-refractivity contribution < 1.29 is 9.13 Å². The van der Waals surface area contributed by atoms with E-state index in [-0.39, 0.29) is 22.5 Å². The van der Waals surface area contributed by atoms with Crippen LogP contribution >= 0.6 is 11.6 Å². The molecule has 1 aromatic heterocycles. The SMILES string of the molecule is Cc1cc(F)ccc1Oc1ncnc(N)c1Cl. The number of aromatic nitrogens is 2. The van der Waals surface area contributed by atoms with Gasteiger partial charge >= 0.3 is 0 Å². The van der Waals surface area contributed by atoms with Crippen LogP contribution in [0.1, 0.15) is 5.56 Å². The first-order chi connectivity index (χ1) is 8.08. The van der Waals surface area contributed by atoms with E-state index < -0.39 is 0 Å². The lowest BCUT2D eigenvalue weighted by molar-refractivity contribution is 0.457. The zero-order valence-electron chi connectivity index (χ0n) is 8.95. The molecule has 0 aliphatic rings. The molecule has 0 saturated carbocycles. The summed E-state index contributed by atoms with van der Waals surface area (Å²) in [7, 11) is 0. The number of aryl methyl sites for hydroxylation is 1. The van der Waals surface area contributed by atoms with Crippen LogP contribution in [-0.4, -0.2) is 9.97 Å². The molecule has 4 nitrogen and oxygen atoms in total. The molecule has 0 bridgehead atoms. The molecule has 0 aliphatic carbocycles. The van der Waals surface area contributed by atoms with Crippen molar-refractivity contribution in [2.45, 2.75) is 6.92 Å². The minimum Gasteiger partial charge on any atom is -0.437 e. The summed E-state index contributed by atoms with van der Waals surface area (Å²) in [4.78, 5) is 7.57. The molecule has 2 rings (SSSR count). The van der Waals surface area contributed by atoms with E-state index in [0.29, 0.717) is 11.3 Å². The second kappa shape index (κ2) is 4.55. The summed E-state index contributed by atoms with van der Waals surface area (Å²) < 4.78 is 18.3. The highest BCUT2D eigenvalue weighted by atomic mass is 35.5. The largest absolute Gasteiger partial charge is 0.437 e. The van der Waals surface area contributed by atoms with E-state index in [9.17, 15) is 4.39 Å². The maximum Gasteiger partial charge on any atom is 0.243 e. The van der Waals surface area contributed by atoms with Crippen LogP contribution in [0, 0.1) is 12.7 Å². The molecule has 0 aliphatic heterocycles. The number of halogens is 2. The predicted molar refractivity (Wildman–Crippen MR) is 62.7 cm³/mol. The first-order valence-electron chi connectivity index (χ1n) is 4.78. The van der Waals surface area contributed by atoms with Gasteiger partial charge in [0.25, 0.3) is 0 Å². The molecule has 0 saturated heterocycles. The van der Waals surface area contributed by atoms with Gasteiger partial charge in [0.05, 0.1) is 0 Å². The van der Waals surface area contributed by atoms with Crippen LogP contribution in [0.2, 0.25) is 5.02 Å². The van der Waals surface area contributed by atoms with Crippen molar-refractivity contribution in [1.82, 2.24) is 9.97 Å². The lowest BCUT2D eigenvalue weighted by atomic mass is 10.2. The third-order valence-electron chi connectivity index (χ3n) is 2.13. The number of nitrogens with zero attached hydrogens (tertiary/aromatic N) is 2. The molecule has 0 fully saturated rings. The Kier molecular flexibility index (Phi) is 3.10. The van der Waals surface area contributed by atoms with E-state index in [1.165, 1.54) is 24.5 Å². The zero-order valence-corrected chi connectivity index (χ0v) is 9.70. The molecule has 0 amide bonds. The van der Waals surface area contributed by atoms with Gasteiger partial charge in [-0.2, -0.15) is 4.98 Å². The first kappa shape index (κ1) is 11.6. The Morgan fingerprint density at radius 2 is 2.12 bits per heavy atom. The van der Waals surface area contributed by atoms with Crippen LogP contribution < -0.4 is 10.5 Å². The minimum absolute atomic E-state index is 0.135. The van der Waals surface area contributed by atoms with Crippen molar-refractivity contribution in [2.75, 3.05) is 5.73 Å². The van der Waals surface area contributed by atoms with Gasteiger partial charge in [0.15, 0.2) is 0 Å². The fraction of sp³-hybridized carbons (Fsp3) is 0.0909. The van der Waals surface area contributed by atoms with E-state index in [1.807, 2.05) is 0 Å². The highest BCUT2D eigenvalue weighted by Crippen LogP contribution is 2.31. The summed E-state index contributed by atoms with van der Waals surface area (Å²) in [6.45, 7) is 1.72. The van der Waals surface area contributed by atoms with Crippen LogP contribution in [-0.2, 0) is 0 Å². The average Bonchev–Trinajstić information content (AvgIpc) is 2.28. The molecular weight excluding hydrogens is 245 g/mol. The summed E-state index contributed by atoms with van der Waals surface area (Å²) >= 11 is 5.88. The molecule has 17 heavy (non-hydrogen) atoms. The molecule has 0 atom stereocenters. The molecular formula is C11H9ClFN3O. The van der Waals surface area contributed by atoms with E-state index in [1.54, 1.807) is 6.92 Å². The van der Waals surface area contributed by atoms with Crippen molar-refractivity contribution in [3.8, 4) is 11.6 Å². The molecule has 0 radical (unpaired) electrons. The molecule has 2 aromatic rings. The zero-order chi connectivity index (χ0) is 12.4. The highest BCUT2D eigenvalue weighted by Gasteiger charge is 2.10. The molecule has 88 valence electrons. The molecule has 6 heteroatoms. The van der Waals surface area contributed by atoms with Crippen LogP contribution in [0.5, 0.6) is 11.6 Å². The predicted octanol–water partition coefficient (Wildman–Crippen LogP) is 2.95. The van der Waals surface area contributed by atoms with Crippen molar-refractivity contribution in [3.05, 3.63) is 40.9 Å². The van der Waals surface area contributed by atoms with Crippen molar-refractivity contribution >= 4 is 17.4 Å². The van der Waals surface area contributed by atoms with Gasteiger partial charge in [0.1, 0.15) is 28.7 Å². The van der Waals surface area contributed by atoms with Crippen molar-refractivity contribution in [3.63, 3.8) is 0 Å². The Hall–Kier alpha value is -1.88. The third-order valence-corrected chi connectivity index (χ3v) is 2.48. The van der Waals surface area contributed by atoms with Gasteiger partial charge in [-0.15, -0.1) is 0 Å². The van der Waals surface area contributed by atoms with Crippen LogP contribution in [0.15, 0.2) is 24.5 Å². The number of hydrogen-bond acceptors (Lipinski definition) is 4. The fourth-order valence-corrected chi connectivity index (χ4v) is 1.41. The maximum absolute atomic E-state index is 12.9. The molecule has 0 spiro atoms. The van der Waals surface area contributed by atoms with Gasteiger partial charge in [-0.3, -0.25) is 0 Å². The quantitative estimate of drug-likeness (QED) is 0.894. The highest BCUT2D eigenvalue weighted by molar-refractivity contribution is 6.34. The summed E-state index contributed by atoms with van der Waals surface area (Å²) in [5.41, 5.74) is 6.15. The molecule has 0 unspecified atom stereocenters. The Bertz CT molecular complexity index is 562. The summed E-state index contributed by atoms with van der Waals surface area (Å²) in [5, 5.41) is 0.135. The van der Waals surface area contributed by atoms with E-state index in [2.05, 4.69) is 9.97 Å². The van der Waals surface area contributed by atoms with E-state index in [0.717, 1.165) is 0 Å². The number of nitrogen functional groups attached to an aromatic ring is 1. The standard InChI is InChI=1S/C11H9ClFN3O/c1-6-4-7(13)2-3-8(6)17-11-9(12)10(14)15-5-16-11/h2-5H,1H3,(H2,14,15,16). The minimum atomic E-state index is -0.330. The average molecular weight is 254 g/mol. The van der Waals surface area contributed by atoms with Gasteiger partial charge in [0.2, 0.25) is 5.88 Å². The Morgan fingerprint density at radius 3 is 2.82 bits per heavy atom. The summed E-state index contributed by atoms with van der Waals surface area (Å²) in [6.07, 6.45) is 1.25. The fourth-order valence-electron chi connectivity index (χ4n) is 1.27. The molecule has 1 heterocycles. The number of benzene rings is 1. The van der Waals surface area contributed by atoms with Crippen LogP contribution in [0.25, 0.3) is 0 Å². The first-order valence-corrected chi connectivity index (χ1v) is 5.15. The van der Waals surface area contributed by atoms with Gasteiger partial charge in [-0.05, 0) is 30.7 Å². The second-order valence-corrected chi connectivity index (χ2v) is 3.77. The van der Waals surface area contributed by atoms with Crippen LogP contribution in [0.4, 0.5) is 10.2 Å². The van der Waals surface area contributed by atoms with Gasteiger partial charge in [0, 0.05) is 0 Å². The normalized spacial score (nSPS) is 10.3. The van der Waals surface area contributed by atoms with E-state index >= 15 is 0 Å². The third kappa shape index (κ3) is 2.45. The number of hydrogen-bond donors (Lipinski definition) is 1. The Labute approximate surface area is 102 Å². The van der Waals surface area contributed by atoms with E-state index in [4.69, 9.17) is 22.1 Å². The van der Waals surface area contributed by atoms with Crippen LogP contribution in [0.3, 0.4) is 0 Å². The lowest BCUT2D eigenvalue weighted by Crippen LogP contribution is -1.97.